The Kier molecular flexibility index (Phi) is 1.88. The number of phenols is 2. The number of fused-ring (bicyclic) bond motifs is 1. The van der Waals surface area contributed by atoms with Crippen LogP contribution < -0.4 is 0 Å². The number of phenolic OH excluding ortho intramolecular Hbond substituents is 2. The van der Waals surface area contributed by atoms with E-state index in [1.54, 1.807) is 22.9 Å². The van der Waals surface area contributed by atoms with Crippen molar-refractivity contribution in [2.24, 2.45) is 0 Å². The van der Waals surface area contributed by atoms with Gasteiger partial charge in [-0.15, -0.1) is 0 Å². The highest BCUT2D eigenvalue weighted by atomic mass is 127. The normalized spacial score (nSPS) is 14.8. The van der Waals surface area contributed by atoms with Gasteiger partial charge in [-0.05, 0) is 12.1 Å². The highest BCUT2D eigenvalue weighted by Crippen LogP contribution is 2.34. The number of nitrogens with zero attached hydrogens (tertiary/aromatic N) is 1. The molecule has 0 spiro atoms. The molecule has 0 bridgehead atoms. The third-order valence-electron chi connectivity index (χ3n) is 1.93. The van der Waals surface area contributed by atoms with E-state index >= 15 is 0 Å². The van der Waals surface area contributed by atoms with Gasteiger partial charge in [0.15, 0.2) is 11.5 Å². The van der Waals surface area contributed by atoms with Crippen LogP contribution in [0.2, 0.25) is 0 Å². The van der Waals surface area contributed by atoms with E-state index in [1.165, 1.54) is 0 Å². The van der Waals surface area contributed by atoms with Crippen molar-refractivity contribution in [3.8, 4) is 11.5 Å². The lowest BCUT2D eigenvalue weighted by Crippen LogP contribution is -2.17. The maximum atomic E-state index is 11.4. The predicted octanol–water partition coefficient (Wildman–Crippen LogP) is 1.04. The zero-order valence-corrected chi connectivity index (χ0v) is 8.85. The number of imide groups is 1. The van der Waals surface area contributed by atoms with E-state index in [0.717, 1.165) is 15.2 Å². The van der Waals surface area contributed by atoms with E-state index in [1.807, 2.05) is 0 Å². The minimum absolute atomic E-state index is 0.111. The van der Waals surface area contributed by atoms with E-state index in [4.69, 9.17) is 10.2 Å². The van der Waals surface area contributed by atoms with Crippen molar-refractivity contribution in [1.29, 1.82) is 0 Å². The van der Waals surface area contributed by atoms with E-state index < -0.39 is 23.3 Å². The lowest BCUT2D eigenvalue weighted by atomic mass is 10.1. The number of carbonyl (C=O) groups is 2. The molecule has 14 heavy (non-hydrogen) atoms. The summed E-state index contributed by atoms with van der Waals surface area (Å²) in [6.07, 6.45) is 0. The Bertz CT molecular complexity index is 416. The number of aromatic hydroxyl groups is 2. The first-order valence-corrected chi connectivity index (χ1v) is 4.59. The summed E-state index contributed by atoms with van der Waals surface area (Å²) in [6, 6.07) is 2.17. The van der Waals surface area contributed by atoms with Gasteiger partial charge in [0.2, 0.25) is 0 Å². The lowest BCUT2D eigenvalue weighted by Gasteiger charge is -1.98. The standard InChI is InChI=1S/C8H4INO4/c9-10-7(13)3-1-5(11)6(12)2-4(3)8(10)14/h1-2,11-12H. The quantitative estimate of drug-likeness (QED) is 0.325. The van der Waals surface area contributed by atoms with Crippen molar-refractivity contribution in [1.82, 2.24) is 3.11 Å². The van der Waals surface area contributed by atoms with Gasteiger partial charge in [0.1, 0.15) is 0 Å². The van der Waals surface area contributed by atoms with Crippen LogP contribution in [0.15, 0.2) is 12.1 Å². The third kappa shape index (κ3) is 1.07. The topological polar surface area (TPSA) is 77.8 Å². The largest absolute Gasteiger partial charge is 0.504 e. The molecule has 72 valence electrons. The number of amides is 2. The number of rotatable bonds is 0. The first-order valence-electron chi connectivity index (χ1n) is 3.63. The van der Waals surface area contributed by atoms with Gasteiger partial charge >= 0.3 is 0 Å². The highest BCUT2D eigenvalue weighted by molar-refractivity contribution is 14.1. The van der Waals surface area contributed by atoms with Crippen LogP contribution in [-0.2, 0) is 0 Å². The van der Waals surface area contributed by atoms with Crippen LogP contribution in [0.4, 0.5) is 0 Å². The van der Waals surface area contributed by atoms with Gasteiger partial charge in [-0.3, -0.25) is 9.59 Å². The summed E-state index contributed by atoms with van der Waals surface area (Å²) >= 11 is 1.57. The minimum Gasteiger partial charge on any atom is -0.504 e. The third-order valence-corrected chi connectivity index (χ3v) is 2.81. The van der Waals surface area contributed by atoms with Crippen LogP contribution in [0.3, 0.4) is 0 Å². The Hall–Kier alpha value is -1.31. The fraction of sp³-hybridized carbons (Fsp3) is 0. The number of hydrogen-bond acceptors (Lipinski definition) is 4. The highest BCUT2D eigenvalue weighted by Gasteiger charge is 2.35. The molecule has 0 saturated heterocycles. The van der Waals surface area contributed by atoms with Crippen molar-refractivity contribution < 1.29 is 19.8 Å². The molecule has 0 aliphatic carbocycles. The summed E-state index contributed by atoms with van der Waals surface area (Å²) < 4.78 is 0.904. The second-order valence-corrected chi connectivity index (χ2v) is 3.74. The summed E-state index contributed by atoms with van der Waals surface area (Å²) in [5.74, 6) is -1.78. The summed E-state index contributed by atoms with van der Waals surface area (Å²) in [7, 11) is 0. The smallest absolute Gasteiger partial charge is 0.270 e. The maximum absolute atomic E-state index is 11.4. The first-order chi connectivity index (χ1) is 6.52. The zero-order valence-electron chi connectivity index (χ0n) is 6.69. The van der Waals surface area contributed by atoms with Gasteiger partial charge in [-0.2, -0.15) is 0 Å². The van der Waals surface area contributed by atoms with Gasteiger partial charge in [0, 0.05) is 0 Å². The second-order valence-electron chi connectivity index (χ2n) is 2.78. The lowest BCUT2D eigenvalue weighted by molar-refractivity contribution is 0.0796. The molecule has 2 amide bonds. The molecule has 1 aromatic carbocycles. The average Bonchev–Trinajstić information content (AvgIpc) is 2.34. The summed E-state index contributed by atoms with van der Waals surface area (Å²) in [6.45, 7) is 0. The van der Waals surface area contributed by atoms with Crippen LogP contribution in [0.25, 0.3) is 0 Å². The molecule has 0 aromatic heterocycles. The summed E-state index contributed by atoms with van der Waals surface area (Å²) in [5, 5.41) is 18.3. The van der Waals surface area contributed by atoms with Crippen LogP contribution in [0.5, 0.6) is 11.5 Å². The Balaban J connectivity index is 2.71. The second kappa shape index (κ2) is 2.84. The fourth-order valence-electron chi connectivity index (χ4n) is 1.23. The number of halogens is 1. The van der Waals surface area contributed by atoms with E-state index in [-0.39, 0.29) is 11.1 Å². The molecule has 1 aliphatic heterocycles. The van der Waals surface area contributed by atoms with Crippen LogP contribution in [-0.4, -0.2) is 25.1 Å². The Morgan fingerprint density at radius 1 is 1.00 bits per heavy atom. The van der Waals surface area contributed by atoms with Crippen molar-refractivity contribution in [3.05, 3.63) is 23.3 Å². The molecule has 5 nitrogen and oxygen atoms in total. The predicted molar refractivity (Wildman–Crippen MR) is 54.3 cm³/mol. The minimum atomic E-state index is -0.485. The van der Waals surface area contributed by atoms with Gasteiger partial charge in [-0.1, -0.05) is 0 Å². The van der Waals surface area contributed by atoms with Crippen LogP contribution in [0.1, 0.15) is 20.7 Å². The van der Waals surface area contributed by atoms with E-state index in [0.29, 0.717) is 0 Å². The monoisotopic (exact) mass is 305 g/mol. The zero-order chi connectivity index (χ0) is 10.5. The Morgan fingerprint density at radius 2 is 1.36 bits per heavy atom. The molecule has 1 aliphatic rings. The number of hydrogen-bond donors (Lipinski definition) is 2. The molecular formula is C8H4INO4. The average molecular weight is 305 g/mol. The van der Waals surface area contributed by atoms with Crippen LogP contribution in [0, 0.1) is 0 Å². The fourth-order valence-corrected chi connectivity index (χ4v) is 1.75. The summed E-state index contributed by atoms with van der Waals surface area (Å²) in [5.41, 5.74) is 0.222. The van der Waals surface area contributed by atoms with Crippen molar-refractivity contribution >= 4 is 34.7 Å². The molecule has 1 heterocycles. The molecule has 6 heteroatoms. The molecule has 0 radical (unpaired) electrons. The van der Waals surface area contributed by atoms with Crippen molar-refractivity contribution in [2.45, 2.75) is 0 Å². The van der Waals surface area contributed by atoms with Crippen molar-refractivity contribution in [3.63, 3.8) is 0 Å². The molecule has 0 saturated carbocycles. The molecule has 2 N–H and O–H groups in total. The molecule has 0 unspecified atom stereocenters. The van der Waals surface area contributed by atoms with E-state index in [2.05, 4.69) is 0 Å². The first kappa shape index (κ1) is 9.25. The molecule has 2 rings (SSSR count). The molecule has 0 atom stereocenters. The Morgan fingerprint density at radius 3 is 1.71 bits per heavy atom. The van der Waals surface area contributed by atoms with Crippen LogP contribution >= 0.6 is 22.9 Å². The SMILES string of the molecule is O=C1c2cc(O)c(O)cc2C(=O)N1I. The van der Waals surface area contributed by atoms with E-state index in [9.17, 15) is 9.59 Å². The van der Waals surface area contributed by atoms with Gasteiger partial charge < -0.3 is 10.2 Å². The van der Waals surface area contributed by atoms with Crippen molar-refractivity contribution in [2.75, 3.05) is 0 Å². The number of benzene rings is 1. The maximum Gasteiger partial charge on any atom is 0.270 e. The molecule has 1 aromatic rings. The molecule has 0 fully saturated rings. The Labute approximate surface area is 92.4 Å². The van der Waals surface area contributed by atoms with Gasteiger partial charge in [0.05, 0.1) is 34.0 Å². The molecular weight excluding hydrogens is 301 g/mol. The van der Waals surface area contributed by atoms with Gasteiger partial charge in [-0.25, -0.2) is 3.11 Å². The summed E-state index contributed by atoms with van der Waals surface area (Å²) in [4.78, 5) is 22.8. The number of carbonyl (C=O) groups excluding carboxylic acids is 2. The van der Waals surface area contributed by atoms with Gasteiger partial charge in [0.25, 0.3) is 11.8 Å².